The van der Waals surface area contributed by atoms with Gasteiger partial charge in [-0.25, -0.2) is 9.13 Å². The van der Waals surface area contributed by atoms with Crippen molar-refractivity contribution in [3.63, 3.8) is 0 Å². The van der Waals surface area contributed by atoms with Crippen molar-refractivity contribution in [2.24, 2.45) is 0 Å². The summed E-state index contributed by atoms with van der Waals surface area (Å²) >= 11 is 6.75. The molecule has 23 heavy (non-hydrogen) atoms. The molecule has 0 saturated heterocycles. The van der Waals surface area contributed by atoms with Gasteiger partial charge in [-0.2, -0.15) is 0 Å². The van der Waals surface area contributed by atoms with E-state index in [2.05, 4.69) is 70.4 Å². The summed E-state index contributed by atoms with van der Waals surface area (Å²) in [5, 5.41) is 0. The van der Waals surface area contributed by atoms with E-state index in [0.29, 0.717) is 11.8 Å². The van der Waals surface area contributed by atoms with E-state index < -0.39 is 13.6 Å². The van der Waals surface area contributed by atoms with E-state index in [1.807, 2.05) is 0 Å². The Morgan fingerprint density at radius 1 is 0.870 bits per heavy atom. The molecule has 0 bridgehead atoms. The molecule has 0 fully saturated rings. The van der Waals surface area contributed by atoms with Crippen LogP contribution in [-0.4, -0.2) is 47.5 Å². The van der Waals surface area contributed by atoms with Crippen molar-refractivity contribution in [3.8, 4) is 0 Å². The molecule has 11 heteroatoms. The van der Waals surface area contributed by atoms with Crippen LogP contribution in [0.4, 0.5) is 0 Å². The average molecular weight is 412 g/mol. The zero-order chi connectivity index (χ0) is 19.0. The van der Waals surface area contributed by atoms with Gasteiger partial charge in [-0.05, 0) is 0 Å². The Bertz CT molecular complexity index is 508. The van der Waals surface area contributed by atoms with Crippen LogP contribution in [0.1, 0.15) is 50.7 Å². The summed E-state index contributed by atoms with van der Waals surface area (Å²) < 4.78 is 20.0. The van der Waals surface area contributed by atoms with E-state index >= 15 is 0 Å². The minimum atomic E-state index is -3.94. The summed E-state index contributed by atoms with van der Waals surface area (Å²) in [6.45, 7) is 1.23. The van der Waals surface area contributed by atoms with E-state index in [1.165, 1.54) is 27.9 Å². The van der Waals surface area contributed by atoms with Gasteiger partial charge >= 0.3 is 113 Å². The Labute approximate surface area is 165 Å². The second kappa shape index (κ2) is 11.8. The second-order valence-corrected chi connectivity index (χ2v) is 11.6. The molecule has 0 aliphatic carbocycles. The van der Waals surface area contributed by atoms with E-state index in [-0.39, 0.29) is 0 Å². The fraction of sp³-hybridized carbons (Fsp3) is 0.500. The van der Waals surface area contributed by atoms with Crippen molar-refractivity contribution in [3.05, 3.63) is 29.3 Å². The third-order valence-corrected chi connectivity index (χ3v) is 3.82. The zero-order valence-corrected chi connectivity index (χ0v) is 19.4. The number of benzene rings is 1. The van der Waals surface area contributed by atoms with Crippen LogP contribution in [0.2, 0.25) is 0 Å². The van der Waals surface area contributed by atoms with Crippen LogP contribution in [0.25, 0.3) is 0 Å². The molecule has 0 aromatic heterocycles. The molecule has 0 saturated carbocycles. The Hall–Kier alpha value is 1.22. The summed E-state index contributed by atoms with van der Waals surface area (Å²) in [6.07, 6.45) is 0. The first-order chi connectivity index (χ1) is 10.0. The van der Waals surface area contributed by atoms with Crippen LogP contribution in [-0.2, 0) is 9.13 Å². The molecule has 1 aromatic rings. The quantitative estimate of drug-likeness (QED) is 0.253. The topological polar surface area (TPSA) is 115 Å². The molecule has 4 N–H and O–H groups in total. The van der Waals surface area contributed by atoms with Gasteiger partial charge in [-0.1, -0.05) is 24.5 Å². The molecule has 0 radical (unpaired) electrons. The van der Waals surface area contributed by atoms with Crippen LogP contribution in [0.15, 0.2) is 18.2 Å². The van der Waals surface area contributed by atoms with Gasteiger partial charge in [0.05, 0.1) is 0 Å². The smallest absolute Gasteiger partial charge is 0.317 e. The maximum absolute atomic E-state index is 9.19. The van der Waals surface area contributed by atoms with Crippen molar-refractivity contribution in [2.45, 2.75) is 39.5 Å². The van der Waals surface area contributed by atoms with Crippen LogP contribution in [0.3, 0.4) is 0 Å². The van der Waals surface area contributed by atoms with E-state index in [0.717, 1.165) is 0 Å². The van der Waals surface area contributed by atoms with Gasteiger partial charge in [0.2, 0.25) is 0 Å². The van der Waals surface area contributed by atoms with Crippen LogP contribution < -0.4 is 2.81 Å². The van der Waals surface area contributed by atoms with Crippen LogP contribution >= 0.6 is 38.1 Å². The predicted molar refractivity (Wildman–Crippen MR) is 102 cm³/mol. The first-order valence-corrected chi connectivity index (χ1v) is 13.2. The number of hydrogen-bond donors (Lipinski definition) is 6. The largest absolute Gasteiger partial charge is 0.380 e. The fourth-order valence-corrected chi connectivity index (χ4v) is 3.41. The van der Waals surface area contributed by atoms with Gasteiger partial charge in [0, 0.05) is 0 Å². The third-order valence-electron chi connectivity index (χ3n) is 2.66. The van der Waals surface area contributed by atoms with E-state index in [9.17, 15) is 9.13 Å². The van der Waals surface area contributed by atoms with Crippen molar-refractivity contribution in [2.75, 3.05) is 0 Å². The van der Waals surface area contributed by atoms with Gasteiger partial charge in [-0.3, -0.25) is 0 Å². The SMILES string of the molecule is CC(C)c1cccc(C(C)C)[c]1[Na].O=P(O)(O)S.O=P(O)(O)S. The van der Waals surface area contributed by atoms with Crippen molar-refractivity contribution in [1.82, 2.24) is 0 Å². The summed E-state index contributed by atoms with van der Waals surface area (Å²) in [7, 11) is 0. The minimum absolute atomic E-state index is 0.672. The monoisotopic (exact) mass is 412 g/mol. The maximum Gasteiger partial charge on any atom is 0.380 e. The minimum Gasteiger partial charge on any atom is -0.317 e. The van der Waals surface area contributed by atoms with Gasteiger partial charge in [-0.15, -0.1) is 0 Å². The average Bonchev–Trinajstić information content (AvgIpc) is 2.23. The Balaban J connectivity index is 0. The molecular weight excluding hydrogens is 389 g/mol. The molecule has 0 atom stereocenters. The van der Waals surface area contributed by atoms with Crippen molar-refractivity contribution in [1.29, 1.82) is 0 Å². The summed E-state index contributed by atoms with van der Waals surface area (Å²) in [4.78, 5) is 30.0. The molecule has 0 unspecified atom stereocenters. The first-order valence-electron chi connectivity index (χ1n) is 6.70. The molecule has 0 aliphatic rings. The number of hydrogen-bond acceptors (Lipinski definition) is 2. The van der Waals surface area contributed by atoms with Crippen molar-refractivity contribution >= 4 is 68.8 Å². The Kier molecular flexibility index (Phi) is 13.5. The summed E-state index contributed by atoms with van der Waals surface area (Å²) in [5.41, 5.74) is 3.11. The molecule has 0 spiro atoms. The normalized spacial score (nSPS) is 11.6. The van der Waals surface area contributed by atoms with Crippen LogP contribution in [0, 0.1) is 0 Å². The third kappa shape index (κ3) is 19.4. The molecule has 0 heterocycles. The zero-order valence-electron chi connectivity index (χ0n) is 13.8. The molecule has 130 valence electrons. The maximum atomic E-state index is 9.19. The van der Waals surface area contributed by atoms with Gasteiger partial charge in [0.15, 0.2) is 0 Å². The Morgan fingerprint density at radius 3 is 1.26 bits per heavy atom. The summed E-state index contributed by atoms with van der Waals surface area (Å²) in [6, 6.07) is 6.75. The van der Waals surface area contributed by atoms with Gasteiger partial charge in [0.1, 0.15) is 0 Å². The summed E-state index contributed by atoms with van der Waals surface area (Å²) in [5.74, 6) is 1.34. The second-order valence-electron chi connectivity index (χ2n) is 5.40. The Morgan fingerprint density at radius 2 is 1.09 bits per heavy atom. The first kappa shape index (κ1) is 26.4. The molecule has 0 aliphatic heterocycles. The van der Waals surface area contributed by atoms with Gasteiger partial charge in [0.25, 0.3) is 0 Å². The standard InChI is InChI=1S/C12H17.Na.2H3O3PS/c1-9(2)11-6-5-7-12(8-11)10(3)4;;2*1-4(2,3)5/h5-7,9-10H,1-4H3;;2*(H3,1,2,3,5). The van der Waals surface area contributed by atoms with E-state index in [1.54, 1.807) is 13.9 Å². The van der Waals surface area contributed by atoms with E-state index in [4.69, 9.17) is 19.6 Å². The fourth-order valence-electron chi connectivity index (χ4n) is 1.92. The molecule has 1 aromatic carbocycles. The number of rotatable bonds is 2. The molecule has 1 rings (SSSR count). The molecular formula is C12H23NaO6P2S2. The number of thiol groups is 2. The molecule has 0 amide bonds. The van der Waals surface area contributed by atoms with Gasteiger partial charge < -0.3 is 19.6 Å². The molecule has 6 nitrogen and oxygen atoms in total. The van der Waals surface area contributed by atoms with Crippen molar-refractivity contribution < 1.29 is 28.7 Å². The predicted octanol–water partition coefficient (Wildman–Crippen LogP) is 2.75. The van der Waals surface area contributed by atoms with Crippen LogP contribution in [0.5, 0.6) is 0 Å².